The summed E-state index contributed by atoms with van der Waals surface area (Å²) < 4.78 is 11.3. The zero-order valence-electron chi connectivity index (χ0n) is 17.9. The topological polar surface area (TPSA) is 83.7 Å². The minimum Gasteiger partial charge on any atom is -0.459 e. The van der Waals surface area contributed by atoms with Crippen LogP contribution in [0.1, 0.15) is 39.2 Å². The highest BCUT2D eigenvalue weighted by molar-refractivity contribution is 5.86. The van der Waals surface area contributed by atoms with Crippen molar-refractivity contribution in [1.29, 1.82) is 0 Å². The first-order valence-corrected chi connectivity index (χ1v) is 10.8. The first-order valence-electron chi connectivity index (χ1n) is 10.8. The fraction of sp³-hybridized carbons (Fsp3) is 0.565. The molecule has 162 valence electrons. The molecule has 3 aliphatic rings. The number of benzene rings is 1. The Balaban J connectivity index is 1.50. The van der Waals surface area contributed by atoms with Crippen LogP contribution in [0.4, 0.5) is 4.79 Å². The van der Waals surface area contributed by atoms with Gasteiger partial charge in [0.25, 0.3) is 0 Å². The van der Waals surface area contributed by atoms with Crippen LogP contribution in [0.15, 0.2) is 30.5 Å². The SMILES string of the molecule is CC(C)(C)OC(=O)NC(Cc1c[nH]c2ccccc12)C(=O)OC1CN2CCC1CC2. The number of carbonyl (C=O) groups excluding carboxylic acids is 2. The summed E-state index contributed by atoms with van der Waals surface area (Å²) in [7, 11) is 0. The number of para-hydroxylation sites is 1. The van der Waals surface area contributed by atoms with Gasteiger partial charge in [-0.3, -0.25) is 4.90 Å². The number of piperidine rings is 3. The molecule has 2 atom stereocenters. The number of aromatic nitrogens is 1. The Morgan fingerprint density at radius 2 is 1.97 bits per heavy atom. The van der Waals surface area contributed by atoms with Crippen LogP contribution in [-0.2, 0) is 20.7 Å². The molecule has 7 heteroatoms. The van der Waals surface area contributed by atoms with E-state index in [9.17, 15) is 9.59 Å². The van der Waals surface area contributed by atoms with Crippen molar-refractivity contribution in [3.63, 3.8) is 0 Å². The molecule has 4 heterocycles. The number of nitrogens with zero attached hydrogens (tertiary/aromatic N) is 1. The van der Waals surface area contributed by atoms with Gasteiger partial charge in [0.05, 0.1) is 0 Å². The van der Waals surface area contributed by atoms with E-state index in [-0.39, 0.29) is 6.10 Å². The van der Waals surface area contributed by atoms with Gasteiger partial charge in [0.1, 0.15) is 17.7 Å². The second kappa shape index (κ2) is 8.30. The lowest BCUT2D eigenvalue weighted by Crippen LogP contribution is -2.54. The van der Waals surface area contributed by atoms with Crippen molar-refractivity contribution in [3.05, 3.63) is 36.0 Å². The number of nitrogens with one attached hydrogen (secondary N) is 2. The van der Waals surface area contributed by atoms with E-state index in [0.717, 1.165) is 48.9 Å². The average Bonchev–Trinajstić information content (AvgIpc) is 3.10. The summed E-state index contributed by atoms with van der Waals surface area (Å²) in [6.45, 7) is 8.33. The summed E-state index contributed by atoms with van der Waals surface area (Å²) in [6.07, 6.45) is 3.62. The number of alkyl carbamates (subject to hydrolysis) is 1. The summed E-state index contributed by atoms with van der Waals surface area (Å²) in [5.41, 5.74) is 1.31. The number of fused-ring (bicyclic) bond motifs is 4. The van der Waals surface area contributed by atoms with Gasteiger partial charge in [-0.1, -0.05) is 18.2 Å². The van der Waals surface area contributed by atoms with Gasteiger partial charge >= 0.3 is 12.1 Å². The Morgan fingerprint density at radius 3 is 2.63 bits per heavy atom. The van der Waals surface area contributed by atoms with Gasteiger partial charge in [-0.15, -0.1) is 0 Å². The van der Waals surface area contributed by atoms with Crippen LogP contribution in [0.5, 0.6) is 0 Å². The molecule has 5 rings (SSSR count). The fourth-order valence-electron chi connectivity index (χ4n) is 4.44. The molecule has 2 unspecified atom stereocenters. The van der Waals surface area contributed by atoms with Gasteiger partial charge in [0.15, 0.2) is 0 Å². The normalized spacial score (nSPS) is 24.4. The lowest BCUT2D eigenvalue weighted by molar-refractivity contribution is -0.161. The predicted octanol–water partition coefficient (Wildman–Crippen LogP) is 3.24. The van der Waals surface area contributed by atoms with E-state index >= 15 is 0 Å². The molecule has 30 heavy (non-hydrogen) atoms. The summed E-state index contributed by atoms with van der Waals surface area (Å²) in [4.78, 5) is 31.1. The van der Waals surface area contributed by atoms with E-state index in [1.165, 1.54) is 0 Å². The Hall–Kier alpha value is -2.54. The van der Waals surface area contributed by atoms with E-state index in [4.69, 9.17) is 9.47 Å². The lowest BCUT2D eigenvalue weighted by Gasteiger charge is -2.44. The number of carbonyl (C=O) groups is 2. The Kier molecular flexibility index (Phi) is 5.73. The van der Waals surface area contributed by atoms with E-state index in [1.54, 1.807) is 20.8 Å². The number of hydrogen-bond acceptors (Lipinski definition) is 5. The van der Waals surface area contributed by atoms with Crippen LogP contribution in [0.3, 0.4) is 0 Å². The van der Waals surface area contributed by atoms with Crippen molar-refractivity contribution in [1.82, 2.24) is 15.2 Å². The van der Waals surface area contributed by atoms with Crippen LogP contribution in [0.2, 0.25) is 0 Å². The first kappa shape index (κ1) is 20.7. The maximum absolute atomic E-state index is 13.1. The van der Waals surface area contributed by atoms with E-state index in [0.29, 0.717) is 12.3 Å². The maximum atomic E-state index is 13.1. The van der Waals surface area contributed by atoms with Crippen LogP contribution >= 0.6 is 0 Å². The Bertz CT molecular complexity index is 909. The van der Waals surface area contributed by atoms with Crippen molar-refractivity contribution >= 4 is 23.0 Å². The minimum atomic E-state index is -0.811. The second-order valence-corrected chi connectivity index (χ2v) is 9.38. The third kappa shape index (κ3) is 4.78. The second-order valence-electron chi connectivity index (χ2n) is 9.38. The molecule has 3 fully saturated rings. The molecule has 1 amide bonds. The summed E-state index contributed by atoms with van der Waals surface area (Å²) in [5, 5.41) is 3.78. The van der Waals surface area contributed by atoms with Crippen molar-refractivity contribution in [2.75, 3.05) is 19.6 Å². The molecular weight excluding hydrogens is 382 g/mol. The van der Waals surface area contributed by atoms with Crippen molar-refractivity contribution < 1.29 is 19.1 Å². The highest BCUT2D eigenvalue weighted by Gasteiger charge is 2.38. The smallest absolute Gasteiger partial charge is 0.408 e. The lowest BCUT2D eigenvalue weighted by atomic mass is 9.86. The number of H-pyrrole nitrogens is 1. The van der Waals surface area contributed by atoms with Gasteiger partial charge in [-0.25, -0.2) is 9.59 Å². The molecule has 2 bridgehead atoms. The number of aromatic amines is 1. The van der Waals surface area contributed by atoms with Gasteiger partial charge in [0.2, 0.25) is 0 Å². The summed E-state index contributed by atoms with van der Waals surface area (Å²) in [5.74, 6) is 0.0131. The molecule has 3 aliphatic heterocycles. The molecule has 0 radical (unpaired) electrons. The summed E-state index contributed by atoms with van der Waals surface area (Å²) in [6, 6.07) is 7.10. The molecule has 7 nitrogen and oxygen atoms in total. The van der Waals surface area contributed by atoms with E-state index in [2.05, 4.69) is 15.2 Å². The van der Waals surface area contributed by atoms with E-state index < -0.39 is 23.7 Å². The van der Waals surface area contributed by atoms with Gasteiger partial charge in [-0.2, -0.15) is 0 Å². The number of esters is 1. The fourth-order valence-corrected chi connectivity index (χ4v) is 4.44. The number of ether oxygens (including phenoxy) is 2. The minimum absolute atomic E-state index is 0.106. The van der Waals surface area contributed by atoms with Gasteiger partial charge in [-0.05, 0) is 64.3 Å². The molecule has 2 aromatic rings. The number of rotatable bonds is 5. The number of amides is 1. The van der Waals surface area contributed by atoms with Crippen LogP contribution in [0.25, 0.3) is 10.9 Å². The third-order valence-electron chi connectivity index (χ3n) is 5.94. The van der Waals surface area contributed by atoms with Gasteiger partial charge < -0.3 is 19.8 Å². The maximum Gasteiger partial charge on any atom is 0.408 e. The standard InChI is InChI=1S/C23H31N3O4/c1-23(2,3)30-22(28)25-19(12-16-13-24-18-7-5-4-6-17(16)18)21(27)29-20-14-26-10-8-15(20)9-11-26/h4-7,13,15,19-20,24H,8-12,14H2,1-3H3,(H,25,28). The van der Waals surface area contributed by atoms with Crippen LogP contribution in [-0.4, -0.2) is 59.3 Å². The molecule has 0 spiro atoms. The van der Waals surface area contributed by atoms with E-state index in [1.807, 2.05) is 30.5 Å². The number of hydrogen-bond donors (Lipinski definition) is 2. The van der Waals surface area contributed by atoms with Crippen molar-refractivity contribution in [2.45, 2.75) is 57.8 Å². The third-order valence-corrected chi connectivity index (χ3v) is 5.94. The molecule has 1 aromatic carbocycles. The van der Waals surface area contributed by atoms with Gasteiger partial charge in [0, 0.05) is 30.1 Å². The quantitative estimate of drug-likeness (QED) is 0.736. The van der Waals surface area contributed by atoms with Crippen LogP contribution < -0.4 is 5.32 Å². The zero-order valence-corrected chi connectivity index (χ0v) is 17.9. The van der Waals surface area contributed by atoms with Crippen molar-refractivity contribution in [3.8, 4) is 0 Å². The monoisotopic (exact) mass is 413 g/mol. The highest BCUT2D eigenvalue weighted by atomic mass is 16.6. The van der Waals surface area contributed by atoms with Crippen molar-refractivity contribution in [2.24, 2.45) is 5.92 Å². The summed E-state index contributed by atoms with van der Waals surface area (Å²) >= 11 is 0. The molecule has 2 N–H and O–H groups in total. The highest BCUT2D eigenvalue weighted by Crippen LogP contribution is 2.30. The zero-order chi connectivity index (χ0) is 21.3. The average molecular weight is 414 g/mol. The molecule has 3 saturated heterocycles. The molecule has 1 aromatic heterocycles. The van der Waals surface area contributed by atoms with Crippen LogP contribution in [0, 0.1) is 5.92 Å². The molecule has 0 aliphatic carbocycles. The predicted molar refractivity (Wildman–Crippen MR) is 114 cm³/mol. The first-order chi connectivity index (χ1) is 14.3. The molecule has 0 saturated carbocycles. The Labute approximate surface area is 177 Å². The molecular formula is C23H31N3O4. The largest absolute Gasteiger partial charge is 0.459 e. The Morgan fingerprint density at radius 1 is 1.23 bits per heavy atom.